The Balaban J connectivity index is 2.16. The van der Waals surface area contributed by atoms with Gasteiger partial charge in [-0.05, 0) is 17.9 Å². The summed E-state index contributed by atoms with van der Waals surface area (Å²) in [5.74, 6) is -0.142. The van der Waals surface area contributed by atoms with E-state index >= 15 is 0 Å². The van der Waals surface area contributed by atoms with Crippen LogP contribution in [0.15, 0.2) is 16.8 Å². The summed E-state index contributed by atoms with van der Waals surface area (Å²) in [5, 5.41) is 9.09. The van der Waals surface area contributed by atoms with Gasteiger partial charge in [-0.1, -0.05) is 6.92 Å². The molecule has 2 N–H and O–H groups in total. The predicted octanol–water partition coefficient (Wildman–Crippen LogP) is 1.39. The molecule has 0 radical (unpaired) electrons. The highest BCUT2D eigenvalue weighted by atomic mass is 32.1. The van der Waals surface area contributed by atoms with Gasteiger partial charge in [0.15, 0.2) is 0 Å². The molecule has 0 unspecified atom stereocenters. The van der Waals surface area contributed by atoms with E-state index in [0.29, 0.717) is 25.1 Å². The molecule has 0 bridgehead atoms. The Morgan fingerprint density at radius 1 is 1.31 bits per heavy atom. The molecule has 0 aliphatic heterocycles. The van der Waals surface area contributed by atoms with Gasteiger partial charge in [0, 0.05) is 30.5 Å². The first kappa shape index (κ1) is 12.7. The summed E-state index contributed by atoms with van der Waals surface area (Å²) in [6.07, 6.45) is 1.25. The topological polar surface area (TPSA) is 58.2 Å². The summed E-state index contributed by atoms with van der Waals surface area (Å²) in [4.78, 5) is 22.7. The Kier molecular flexibility index (Phi) is 5.56. The van der Waals surface area contributed by atoms with Crippen LogP contribution >= 0.6 is 11.3 Å². The molecule has 1 rings (SSSR count). The fourth-order valence-electron chi connectivity index (χ4n) is 1.14. The average Bonchev–Trinajstić information content (AvgIpc) is 2.79. The maximum Gasteiger partial charge on any atom is 0.252 e. The summed E-state index contributed by atoms with van der Waals surface area (Å²) in [6, 6.07) is 1.76. The largest absolute Gasteiger partial charge is 0.356 e. The molecule has 0 aliphatic carbocycles. The molecule has 4 nitrogen and oxygen atoms in total. The second kappa shape index (κ2) is 7.00. The van der Waals surface area contributed by atoms with Crippen molar-refractivity contribution < 1.29 is 9.59 Å². The van der Waals surface area contributed by atoms with Gasteiger partial charge in [0.2, 0.25) is 5.91 Å². The van der Waals surface area contributed by atoms with Gasteiger partial charge in [0.1, 0.15) is 0 Å². The number of hydrogen-bond donors (Lipinski definition) is 2. The van der Waals surface area contributed by atoms with E-state index in [2.05, 4.69) is 10.6 Å². The molecule has 2 amide bonds. The van der Waals surface area contributed by atoms with Crippen LogP contribution in [0.1, 0.15) is 30.1 Å². The highest BCUT2D eigenvalue weighted by Crippen LogP contribution is 2.04. The van der Waals surface area contributed by atoms with Crippen LogP contribution in [0.3, 0.4) is 0 Å². The summed E-state index contributed by atoms with van der Waals surface area (Å²) >= 11 is 1.48. The zero-order valence-corrected chi connectivity index (χ0v) is 10.1. The first-order chi connectivity index (χ1) is 7.74. The Morgan fingerprint density at radius 2 is 2.12 bits per heavy atom. The third-order valence-corrected chi connectivity index (χ3v) is 2.68. The SMILES string of the molecule is CCCNC(=O)CCNC(=O)c1ccsc1. The minimum atomic E-state index is -0.121. The van der Waals surface area contributed by atoms with E-state index in [0.717, 1.165) is 6.42 Å². The van der Waals surface area contributed by atoms with Crippen LogP contribution in [0.4, 0.5) is 0 Å². The number of nitrogens with one attached hydrogen (secondary N) is 2. The zero-order chi connectivity index (χ0) is 11.8. The van der Waals surface area contributed by atoms with Crippen LogP contribution in [0.5, 0.6) is 0 Å². The molecule has 16 heavy (non-hydrogen) atoms. The van der Waals surface area contributed by atoms with Crippen LogP contribution in [0.25, 0.3) is 0 Å². The van der Waals surface area contributed by atoms with Gasteiger partial charge < -0.3 is 10.6 Å². The monoisotopic (exact) mass is 240 g/mol. The van der Waals surface area contributed by atoms with E-state index in [-0.39, 0.29) is 11.8 Å². The van der Waals surface area contributed by atoms with Gasteiger partial charge in [-0.3, -0.25) is 9.59 Å². The summed E-state index contributed by atoms with van der Waals surface area (Å²) in [7, 11) is 0. The van der Waals surface area contributed by atoms with Gasteiger partial charge in [-0.2, -0.15) is 11.3 Å². The summed E-state index contributed by atoms with van der Waals surface area (Å²) in [6.45, 7) is 3.07. The van der Waals surface area contributed by atoms with Crippen molar-refractivity contribution in [1.29, 1.82) is 0 Å². The number of rotatable bonds is 6. The van der Waals surface area contributed by atoms with Gasteiger partial charge in [0.25, 0.3) is 5.91 Å². The second-order valence-electron chi connectivity index (χ2n) is 3.37. The molecule has 1 aromatic heterocycles. The van der Waals surface area contributed by atoms with E-state index in [9.17, 15) is 9.59 Å². The van der Waals surface area contributed by atoms with E-state index in [4.69, 9.17) is 0 Å². The lowest BCUT2D eigenvalue weighted by atomic mass is 10.3. The Labute approximate surface area is 99.0 Å². The number of amides is 2. The molecular weight excluding hydrogens is 224 g/mol. The van der Waals surface area contributed by atoms with Crippen molar-refractivity contribution in [1.82, 2.24) is 10.6 Å². The molecule has 0 aliphatic rings. The van der Waals surface area contributed by atoms with Crippen LogP contribution < -0.4 is 10.6 Å². The van der Waals surface area contributed by atoms with Crippen LogP contribution in [0.2, 0.25) is 0 Å². The lowest BCUT2D eigenvalue weighted by Gasteiger charge is -2.04. The molecule has 88 valence electrons. The maximum absolute atomic E-state index is 11.5. The molecule has 5 heteroatoms. The number of hydrogen-bond acceptors (Lipinski definition) is 3. The van der Waals surface area contributed by atoms with Crippen molar-refractivity contribution in [3.63, 3.8) is 0 Å². The van der Waals surface area contributed by atoms with Crippen molar-refractivity contribution in [3.05, 3.63) is 22.4 Å². The number of thiophene rings is 1. The number of carbonyl (C=O) groups excluding carboxylic acids is 2. The minimum absolute atomic E-state index is 0.0209. The molecule has 1 aromatic rings. The van der Waals surface area contributed by atoms with E-state index in [1.807, 2.05) is 12.3 Å². The van der Waals surface area contributed by atoms with E-state index in [1.165, 1.54) is 11.3 Å². The quantitative estimate of drug-likeness (QED) is 0.789. The van der Waals surface area contributed by atoms with Crippen LogP contribution in [-0.4, -0.2) is 24.9 Å². The highest BCUT2D eigenvalue weighted by molar-refractivity contribution is 7.08. The molecule has 0 aromatic carbocycles. The molecule has 0 fully saturated rings. The van der Waals surface area contributed by atoms with E-state index in [1.54, 1.807) is 11.4 Å². The maximum atomic E-state index is 11.5. The normalized spacial score (nSPS) is 9.81. The van der Waals surface area contributed by atoms with E-state index < -0.39 is 0 Å². The molecule has 1 heterocycles. The predicted molar refractivity (Wildman–Crippen MR) is 64.6 cm³/mol. The summed E-state index contributed by atoms with van der Waals surface area (Å²) < 4.78 is 0. The molecule has 0 atom stereocenters. The standard InChI is InChI=1S/C11H16N2O2S/c1-2-5-12-10(14)3-6-13-11(15)9-4-7-16-8-9/h4,7-8H,2-3,5-6H2,1H3,(H,12,14)(H,13,15). The first-order valence-electron chi connectivity index (χ1n) is 5.31. The lowest BCUT2D eigenvalue weighted by Crippen LogP contribution is -2.30. The van der Waals surface area contributed by atoms with Gasteiger partial charge in [-0.25, -0.2) is 0 Å². The Hall–Kier alpha value is -1.36. The van der Waals surface area contributed by atoms with Gasteiger partial charge >= 0.3 is 0 Å². The zero-order valence-electron chi connectivity index (χ0n) is 9.29. The van der Waals surface area contributed by atoms with Gasteiger partial charge in [0.05, 0.1) is 0 Å². The minimum Gasteiger partial charge on any atom is -0.356 e. The molecule has 0 saturated carbocycles. The number of carbonyl (C=O) groups is 2. The summed E-state index contributed by atoms with van der Waals surface area (Å²) in [5.41, 5.74) is 0.652. The van der Waals surface area contributed by atoms with Gasteiger partial charge in [-0.15, -0.1) is 0 Å². The van der Waals surface area contributed by atoms with Crippen molar-refractivity contribution in [2.45, 2.75) is 19.8 Å². The fraction of sp³-hybridized carbons (Fsp3) is 0.455. The third kappa shape index (κ3) is 4.44. The van der Waals surface area contributed by atoms with Crippen LogP contribution in [0, 0.1) is 0 Å². The first-order valence-corrected chi connectivity index (χ1v) is 6.25. The Morgan fingerprint density at radius 3 is 2.75 bits per heavy atom. The smallest absolute Gasteiger partial charge is 0.252 e. The molecule has 0 saturated heterocycles. The second-order valence-corrected chi connectivity index (χ2v) is 4.15. The molecular formula is C11H16N2O2S. The van der Waals surface area contributed by atoms with Crippen molar-refractivity contribution in [2.75, 3.05) is 13.1 Å². The van der Waals surface area contributed by atoms with Crippen LogP contribution in [-0.2, 0) is 4.79 Å². The van der Waals surface area contributed by atoms with Crippen molar-refractivity contribution >= 4 is 23.2 Å². The van der Waals surface area contributed by atoms with Crippen molar-refractivity contribution in [3.8, 4) is 0 Å². The average molecular weight is 240 g/mol. The fourth-order valence-corrected chi connectivity index (χ4v) is 1.77. The third-order valence-electron chi connectivity index (χ3n) is 1.99. The Bertz CT molecular complexity index is 336. The lowest BCUT2D eigenvalue weighted by molar-refractivity contribution is -0.120. The highest BCUT2D eigenvalue weighted by Gasteiger charge is 2.05. The van der Waals surface area contributed by atoms with Crippen molar-refractivity contribution in [2.24, 2.45) is 0 Å². The molecule has 0 spiro atoms.